The van der Waals surface area contributed by atoms with E-state index in [4.69, 9.17) is 0 Å². The minimum Gasteiger partial charge on any atom is -0.304 e. The van der Waals surface area contributed by atoms with Crippen LogP contribution in [-0.2, 0) is 12.8 Å². The predicted octanol–water partition coefficient (Wildman–Crippen LogP) is 2.09. The van der Waals surface area contributed by atoms with Crippen molar-refractivity contribution < 1.29 is 4.79 Å². The molecule has 0 aromatic carbocycles. The van der Waals surface area contributed by atoms with E-state index in [2.05, 4.69) is 28.8 Å². The number of piperazine rings is 1. The van der Waals surface area contributed by atoms with Crippen LogP contribution < -0.4 is 0 Å². The van der Waals surface area contributed by atoms with Gasteiger partial charge < -0.3 is 9.80 Å². The quantitative estimate of drug-likeness (QED) is 0.753. The van der Waals surface area contributed by atoms with Crippen LogP contribution in [0, 0.1) is 0 Å². The lowest BCUT2D eigenvalue weighted by atomic mass is 10.2. The van der Waals surface area contributed by atoms with Gasteiger partial charge in [-0.3, -0.25) is 4.79 Å². The molecule has 0 aliphatic carbocycles. The Morgan fingerprint density at radius 3 is 2.55 bits per heavy atom. The number of nitrogens with zero attached hydrogens (tertiary/aromatic N) is 3. The van der Waals surface area contributed by atoms with E-state index in [0.717, 1.165) is 67.6 Å². The summed E-state index contributed by atoms with van der Waals surface area (Å²) in [5.41, 5.74) is 1.01. The third-order valence-corrected chi connectivity index (χ3v) is 5.04. The monoisotopic (exact) mass is 295 g/mol. The molecular weight excluding hydrogens is 270 g/mol. The van der Waals surface area contributed by atoms with Crippen molar-refractivity contribution in [3.8, 4) is 0 Å². The Bertz CT molecular complexity index is 450. The average Bonchev–Trinajstić information content (AvgIpc) is 2.82. The minimum absolute atomic E-state index is 0.164. The molecule has 1 aliphatic rings. The number of Topliss-reactive ketones (excluding diaryl/α,β-unsaturated/α-hetero) is 1. The van der Waals surface area contributed by atoms with Crippen molar-refractivity contribution in [3.05, 3.63) is 15.6 Å². The van der Waals surface area contributed by atoms with E-state index in [0.29, 0.717) is 0 Å². The highest BCUT2D eigenvalue weighted by atomic mass is 32.1. The standard InChI is InChI=1S/C15H25N3OS/c1-4-5-13-15(12(2)19)20-14(16-13)6-7-18-10-8-17(3)9-11-18/h4-11H2,1-3H3. The highest BCUT2D eigenvalue weighted by Crippen LogP contribution is 2.21. The molecule has 20 heavy (non-hydrogen) atoms. The second-order valence-corrected chi connectivity index (χ2v) is 6.67. The number of rotatable bonds is 6. The number of hydrogen-bond acceptors (Lipinski definition) is 5. The summed E-state index contributed by atoms with van der Waals surface area (Å²) in [5, 5.41) is 1.12. The van der Waals surface area contributed by atoms with E-state index in [1.807, 2.05) is 0 Å². The largest absolute Gasteiger partial charge is 0.304 e. The van der Waals surface area contributed by atoms with Crippen LogP contribution in [0.3, 0.4) is 0 Å². The molecule has 5 heteroatoms. The van der Waals surface area contributed by atoms with Crippen LogP contribution in [-0.4, -0.2) is 60.3 Å². The molecule has 0 N–H and O–H groups in total. The van der Waals surface area contributed by atoms with Crippen molar-refractivity contribution in [2.45, 2.75) is 33.1 Å². The molecule has 2 heterocycles. The molecule has 4 nitrogen and oxygen atoms in total. The van der Waals surface area contributed by atoms with Gasteiger partial charge in [0.1, 0.15) is 0 Å². The second-order valence-electron chi connectivity index (χ2n) is 5.58. The molecule has 0 radical (unpaired) electrons. The molecule has 0 unspecified atom stereocenters. The first kappa shape index (κ1) is 15.6. The van der Waals surface area contributed by atoms with Gasteiger partial charge in [-0.05, 0) is 13.5 Å². The molecule has 112 valence electrons. The Morgan fingerprint density at radius 2 is 1.95 bits per heavy atom. The lowest BCUT2D eigenvalue weighted by Crippen LogP contribution is -2.45. The van der Waals surface area contributed by atoms with Crippen molar-refractivity contribution >= 4 is 17.1 Å². The molecule has 1 aliphatic heterocycles. The minimum atomic E-state index is 0.164. The molecule has 0 spiro atoms. The molecule has 0 atom stereocenters. The first-order chi connectivity index (χ1) is 9.60. The summed E-state index contributed by atoms with van der Waals surface area (Å²) >= 11 is 1.60. The smallest absolute Gasteiger partial charge is 0.171 e. The van der Waals surface area contributed by atoms with Crippen LogP contribution in [0.25, 0.3) is 0 Å². The molecule has 1 saturated heterocycles. The van der Waals surface area contributed by atoms with E-state index < -0.39 is 0 Å². The van der Waals surface area contributed by atoms with Gasteiger partial charge in [0.05, 0.1) is 15.6 Å². The van der Waals surface area contributed by atoms with Crippen LogP contribution in [0.4, 0.5) is 0 Å². The Hall–Kier alpha value is -0.780. The van der Waals surface area contributed by atoms with Gasteiger partial charge in [0.25, 0.3) is 0 Å². The van der Waals surface area contributed by atoms with Gasteiger partial charge in [-0.15, -0.1) is 11.3 Å². The summed E-state index contributed by atoms with van der Waals surface area (Å²) < 4.78 is 0. The Morgan fingerprint density at radius 1 is 1.25 bits per heavy atom. The Labute approximate surface area is 125 Å². The molecule has 0 bridgehead atoms. The van der Waals surface area contributed by atoms with Gasteiger partial charge in [0, 0.05) is 46.1 Å². The molecule has 0 amide bonds. The molecule has 0 saturated carbocycles. The van der Waals surface area contributed by atoms with Crippen molar-refractivity contribution in [1.82, 2.24) is 14.8 Å². The van der Waals surface area contributed by atoms with E-state index in [9.17, 15) is 4.79 Å². The summed E-state index contributed by atoms with van der Waals surface area (Å²) in [6.07, 6.45) is 2.93. The zero-order valence-electron chi connectivity index (χ0n) is 12.8. The van der Waals surface area contributed by atoms with Crippen LogP contribution >= 0.6 is 11.3 Å². The normalized spacial score (nSPS) is 17.6. The van der Waals surface area contributed by atoms with Gasteiger partial charge in [-0.2, -0.15) is 0 Å². The van der Waals surface area contributed by atoms with Gasteiger partial charge in [0.15, 0.2) is 5.78 Å². The Balaban J connectivity index is 1.92. The molecule has 2 rings (SSSR count). The molecule has 1 aromatic heterocycles. The summed E-state index contributed by atoms with van der Waals surface area (Å²) in [6, 6.07) is 0. The average molecular weight is 295 g/mol. The second kappa shape index (κ2) is 7.29. The zero-order valence-corrected chi connectivity index (χ0v) is 13.6. The van der Waals surface area contributed by atoms with Crippen molar-refractivity contribution in [1.29, 1.82) is 0 Å². The topological polar surface area (TPSA) is 36.4 Å². The number of carbonyl (C=O) groups is 1. The number of ketones is 1. The fraction of sp³-hybridized carbons (Fsp3) is 0.733. The van der Waals surface area contributed by atoms with E-state index in [-0.39, 0.29) is 5.78 Å². The first-order valence-corrected chi connectivity index (χ1v) is 8.32. The SMILES string of the molecule is CCCc1nc(CCN2CCN(C)CC2)sc1C(C)=O. The fourth-order valence-corrected chi connectivity index (χ4v) is 3.51. The van der Waals surface area contributed by atoms with Crippen LogP contribution in [0.2, 0.25) is 0 Å². The number of thiazole rings is 1. The molecular formula is C15H25N3OS. The first-order valence-electron chi connectivity index (χ1n) is 7.50. The lowest BCUT2D eigenvalue weighted by molar-refractivity contribution is 0.102. The molecule has 1 aromatic rings. The summed E-state index contributed by atoms with van der Waals surface area (Å²) in [4.78, 5) is 22.1. The van der Waals surface area contributed by atoms with E-state index >= 15 is 0 Å². The maximum atomic E-state index is 11.7. The van der Waals surface area contributed by atoms with Gasteiger partial charge in [-0.1, -0.05) is 13.3 Å². The molecule has 1 fully saturated rings. The predicted molar refractivity (Wildman–Crippen MR) is 83.8 cm³/mol. The van der Waals surface area contributed by atoms with Crippen molar-refractivity contribution in [2.24, 2.45) is 0 Å². The lowest BCUT2D eigenvalue weighted by Gasteiger charge is -2.32. The van der Waals surface area contributed by atoms with Crippen LogP contribution in [0.5, 0.6) is 0 Å². The van der Waals surface area contributed by atoms with Crippen molar-refractivity contribution in [3.63, 3.8) is 0 Å². The number of aromatic nitrogens is 1. The maximum absolute atomic E-state index is 11.7. The van der Waals surface area contributed by atoms with Gasteiger partial charge in [0.2, 0.25) is 0 Å². The van der Waals surface area contributed by atoms with E-state index in [1.165, 1.54) is 0 Å². The van der Waals surface area contributed by atoms with Crippen molar-refractivity contribution in [2.75, 3.05) is 39.8 Å². The highest BCUT2D eigenvalue weighted by molar-refractivity contribution is 7.13. The van der Waals surface area contributed by atoms with E-state index in [1.54, 1.807) is 18.3 Å². The van der Waals surface area contributed by atoms with Crippen LogP contribution in [0.15, 0.2) is 0 Å². The summed E-state index contributed by atoms with van der Waals surface area (Å²) in [7, 11) is 2.17. The number of carbonyl (C=O) groups excluding carboxylic acids is 1. The maximum Gasteiger partial charge on any atom is 0.171 e. The van der Waals surface area contributed by atoms with Gasteiger partial charge >= 0.3 is 0 Å². The summed E-state index contributed by atoms with van der Waals surface area (Å²) in [6.45, 7) is 9.43. The highest BCUT2D eigenvalue weighted by Gasteiger charge is 2.17. The number of hydrogen-bond donors (Lipinski definition) is 0. The third-order valence-electron chi connectivity index (χ3n) is 3.79. The number of aryl methyl sites for hydroxylation is 1. The zero-order chi connectivity index (χ0) is 14.5. The third kappa shape index (κ3) is 4.11. The summed E-state index contributed by atoms with van der Waals surface area (Å²) in [5.74, 6) is 0.164. The van der Waals surface area contributed by atoms with Crippen LogP contribution in [0.1, 0.15) is 40.6 Å². The Kier molecular flexibility index (Phi) is 5.69. The number of likely N-dealkylation sites (N-methyl/N-ethyl adjacent to an activating group) is 1. The van der Waals surface area contributed by atoms with Gasteiger partial charge in [-0.25, -0.2) is 4.98 Å². The fourth-order valence-electron chi connectivity index (χ4n) is 2.51.